The van der Waals surface area contributed by atoms with Crippen LogP contribution in [0.15, 0.2) is 10.8 Å². The number of nitro groups is 1. The topological polar surface area (TPSA) is 61.0 Å². The fraction of sp³-hybridized carbons (Fsp3) is 0.400. The van der Waals surface area contributed by atoms with Crippen molar-refractivity contribution in [1.82, 2.24) is 9.78 Å². The van der Waals surface area contributed by atoms with Gasteiger partial charge in [0.15, 0.2) is 0 Å². The molecule has 0 unspecified atom stereocenters. The van der Waals surface area contributed by atoms with Crippen molar-refractivity contribution in [3.8, 4) is 0 Å². The van der Waals surface area contributed by atoms with Crippen LogP contribution < -0.4 is 0 Å². The number of rotatable bonds is 2. The highest BCUT2D eigenvalue weighted by Gasteiger charge is 2.15. The molecule has 0 aliphatic heterocycles. The summed E-state index contributed by atoms with van der Waals surface area (Å²) >= 11 is 2.98. The molecule has 5 nitrogen and oxygen atoms in total. The van der Waals surface area contributed by atoms with Crippen LogP contribution in [0.3, 0.4) is 0 Å². The Bertz CT molecular complexity index is 283. The molecule has 6 heteroatoms. The Morgan fingerprint density at radius 3 is 2.82 bits per heavy atom. The second-order valence-corrected chi connectivity index (χ2v) is 2.67. The van der Waals surface area contributed by atoms with E-state index in [1.165, 1.54) is 10.9 Å². The monoisotopic (exact) mass is 219 g/mol. The molecule has 0 N–H and O–H groups in total. The van der Waals surface area contributed by atoms with E-state index in [4.69, 9.17) is 0 Å². The highest BCUT2D eigenvalue weighted by Crippen LogP contribution is 2.21. The van der Waals surface area contributed by atoms with Crippen LogP contribution >= 0.6 is 15.9 Å². The van der Waals surface area contributed by atoms with Crippen LogP contribution in [-0.4, -0.2) is 14.7 Å². The van der Waals surface area contributed by atoms with Crippen LogP contribution in [0.25, 0.3) is 0 Å². The molecule has 0 aliphatic carbocycles. The Morgan fingerprint density at radius 2 is 2.55 bits per heavy atom. The minimum Gasteiger partial charge on any atom is -0.265 e. The van der Waals surface area contributed by atoms with Crippen LogP contribution in [0.4, 0.5) is 5.69 Å². The van der Waals surface area contributed by atoms with Gasteiger partial charge in [-0.25, -0.2) is 0 Å². The summed E-state index contributed by atoms with van der Waals surface area (Å²) in [7, 11) is 0. The van der Waals surface area contributed by atoms with E-state index in [0.717, 1.165) is 0 Å². The third-order valence-corrected chi connectivity index (χ3v) is 1.78. The molecule has 0 amide bonds. The molecule has 1 aromatic heterocycles. The van der Waals surface area contributed by atoms with E-state index in [1.807, 2.05) is 6.92 Å². The molecule has 1 heterocycles. The zero-order valence-electron chi connectivity index (χ0n) is 5.82. The molecule has 1 rings (SSSR count). The quantitative estimate of drug-likeness (QED) is 0.561. The number of nitrogens with zero attached hydrogens (tertiary/aromatic N) is 3. The Kier molecular flexibility index (Phi) is 2.23. The lowest BCUT2D eigenvalue weighted by Gasteiger charge is -1.87. The summed E-state index contributed by atoms with van der Waals surface area (Å²) in [5.74, 6) is 0. The highest BCUT2D eigenvalue weighted by atomic mass is 79.9. The Balaban J connectivity index is 3.07. The molecule has 0 fully saturated rings. The predicted molar refractivity (Wildman–Crippen MR) is 42.3 cm³/mol. The second-order valence-electron chi connectivity index (χ2n) is 1.92. The molecule has 1 aromatic rings. The summed E-state index contributed by atoms with van der Waals surface area (Å²) in [6, 6.07) is 0. The summed E-state index contributed by atoms with van der Waals surface area (Å²) in [6.45, 7) is 2.50. The first-order chi connectivity index (χ1) is 5.15. The van der Waals surface area contributed by atoms with Crippen molar-refractivity contribution in [2.24, 2.45) is 0 Å². The maximum Gasteiger partial charge on any atom is 0.321 e. The van der Waals surface area contributed by atoms with Crippen molar-refractivity contribution in [2.45, 2.75) is 13.5 Å². The van der Waals surface area contributed by atoms with Crippen molar-refractivity contribution in [3.63, 3.8) is 0 Å². The van der Waals surface area contributed by atoms with Crippen LogP contribution in [-0.2, 0) is 6.54 Å². The summed E-state index contributed by atoms with van der Waals surface area (Å²) in [6.07, 6.45) is 1.39. The normalized spacial score (nSPS) is 10.0. The van der Waals surface area contributed by atoms with E-state index in [0.29, 0.717) is 6.54 Å². The van der Waals surface area contributed by atoms with Gasteiger partial charge in [0.2, 0.25) is 4.60 Å². The lowest BCUT2D eigenvalue weighted by atomic mass is 10.6. The maximum absolute atomic E-state index is 10.3. The van der Waals surface area contributed by atoms with Gasteiger partial charge in [-0.3, -0.25) is 14.8 Å². The number of hydrogen-bond acceptors (Lipinski definition) is 3. The van der Waals surface area contributed by atoms with Gasteiger partial charge in [0.05, 0.1) is 4.92 Å². The third kappa shape index (κ3) is 1.56. The third-order valence-electron chi connectivity index (χ3n) is 1.22. The number of hydrogen-bond donors (Lipinski definition) is 0. The predicted octanol–water partition coefficient (Wildman–Crippen LogP) is 1.57. The number of aryl methyl sites for hydroxylation is 1. The molecule has 0 saturated carbocycles. The smallest absolute Gasteiger partial charge is 0.265 e. The Labute approximate surface area is 71.3 Å². The van der Waals surface area contributed by atoms with Crippen molar-refractivity contribution in [2.75, 3.05) is 0 Å². The summed E-state index contributed by atoms with van der Waals surface area (Å²) in [4.78, 5) is 9.80. The molecule has 0 spiro atoms. The van der Waals surface area contributed by atoms with Crippen molar-refractivity contribution < 1.29 is 4.92 Å². The fourth-order valence-corrected chi connectivity index (χ4v) is 1.12. The number of halogens is 1. The molecular formula is C5H6BrN3O2. The van der Waals surface area contributed by atoms with Crippen molar-refractivity contribution >= 4 is 21.6 Å². The van der Waals surface area contributed by atoms with Crippen molar-refractivity contribution in [1.29, 1.82) is 0 Å². The molecule has 11 heavy (non-hydrogen) atoms. The minimum absolute atomic E-state index is 0.00634. The SMILES string of the molecule is CCn1cc([N+](=O)[O-])c(Br)n1. The van der Waals surface area contributed by atoms with Gasteiger partial charge in [0.1, 0.15) is 6.20 Å². The Morgan fingerprint density at radius 1 is 1.91 bits per heavy atom. The van der Waals surface area contributed by atoms with Crippen LogP contribution in [0.5, 0.6) is 0 Å². The first-order valence-electron chi connectivity index (χ1n) is 3.02. The van der Waals surface area contributed by atoms with Gasteiger partial charge in [-0.05, 0) is 22.9 Å². The van der Waals surface area contributed by atoms with Crippen molar-refractivity contribution in [3.05, 3.63) is 20.9 Å². The molecule has 0 aromatic carbocycles. The van der Waals surface area contributed by atoms with Gasteiger partial charge in [0, 0.05) is 6.54 Å². The largest absolute Gasteiger partial charge is 0.321 e. The number of aromatic nitrogens is 2. The van der Waals surface area contributed by atoms with Gasteiger partial charge < -0.3 is 0 Å². The standard InChI is InChI=1S/C5H6BrN3O2/c1-2-8-3-4(9(10)11)5(6)7-8/h3H,2H2,1H3. The van der Waals surface area contributed by atoms with Gasteiger partial charge in [-0.2, -0.15) is 5.10 Å². The van der Waals surface area contributed by atoms with Gasteiger partial charge in [0.25, 0.3) is 0 Å². The first kappa shape index (κ1) is 8.19. The average Bonchev–Trinajstić information content (AvgIpc) is 2.30. The van der Waals surface area contributed by atoms with Crippen LogP contribution in [0, 0.1) is 10.1 Å². The first-order valence-corrected chi connectivity index (χ1v) is 3.81. The second kappa shape index (κ2) is 3.00. The zero-order valence-corrected chi connectivity index (χ0v) is 7.41. The molecule has 60 valence electrons. The fourth-order valence-electron chi connectivity index (χ4n) is 0.672. The van der Waals surface area contributed by atoms with E-state index in [2.05, 4.69) is 21.0 Å². The van der Waals surface area contributed by atoms with E-state index < -0.39 is 4.92 Å². The molecular weight excluding hydrogens is 214 g/mol. The summed E-state index contributed by atoms with van der Waals surface area (Å²) < 4.78 is 1.78. The molecule has 0 bridgehead atoms. The summed E-state index contributed by atoms with van der Waals surface area (Å²) in [5.41, 5.74) is 0.00634. The van der Waals surface area contributed by atoms with Crippen LogP contribution in [0.2, 0.25) is 0 Å². The average molecular weight is 220 g/mol. The lowest BCUT2D eigenvalue weighted by Crippen LogP contribution is -1.92. The van der Waals surface area contributed by atoms with Crippen LogP contribution in [0.1, 0.15) is 6.92 Å². The van der Waals surface area contributed by atoms with Gasteiger partial charge >= 0.3 is 5.69 Å². The van der Waals surface area contributed by atoms with Gasteiger partial charge in [-0.15, -0.1) is 0 Å². The minimum atomic E-state index is -0.469. The highest BCUT2D eigenvalue weighted by molar-refractivity contribution is 9.10. The van der Waals surface area contributed by atoms with E-state index in [9.17, 15) is 10.1 Å². The van der Waals surface area contributed by atoms with E-state index in [-0.39, 0.29) is 10.3 Å². The molecule has 0 saturated heterocycles. The zero-order chi connectivity index (χ0) is 8.43. The molecule has 0 aliphatic rings. The Hall–Kier alpha value is -0.910. The summed E-state index contributed by atoms with van der Waals surface area (Å²) in [5, 5.41) is 14.1. The molecule has 0 atom stereocenters. The maximum atomic E-state index is 10.3. The molecule has 0 radical (unpaired) electrons. The van der Waals surface area contributed by atoms with E-state index in [1.54, 1.807) is 0 Å². The van der Waals surface area contributed by atoms with E-state index >= 15 is 0 Å². The lowest BCUT2D eigenvalue weighted by molar-refractivity contribution is -0.385. The van der Waals surface area contributed by atoms with Gasteiger partial charge in [-0.1, -0.05) is 0 Å².